The SMILES string of the molecule is CC(=O)Nc1cccc(NC(C)c2ccsc2)c1. The van der Waals surface area contributed by atoms with Crippen LogP contribution in [0.25, 0.3) is 0 Å². The highest BCUT2D eigenvalue weighted by Gasteiger charge is 2.05. The molecule has 2 rings (SSSR count). The molecule has 0 saturated heterocycles. The maximum atomic E-state index is 11.0. The highest BCUT2D eigenvalue weighted by Crippen LogP contribution is 2.23. The molecule has 1 amide bonds. The maximum absolute atomic E-state index is 11.0. The number of nitrogens with one attached hydrogen (secondary N) is 2. The average molecular weight is 260 g/mol. The summed E-state index contributed by atoms with van der Waals surface area (Å²) >= 11 is 1.69. The highest BCUT2D eigenvalue weighted by molar-refractivity contribution is 7.07. The summed E-state index contributed by atoms with van der Waals surface area (Å²) in [5.74, 6) is -0.0574. The van der Waals surface area contributed by atoms with Crippen LogP contribution < -0.4 is 10.6 Å². The zero-order valence-corrected chi connectivity index (χ0v) is 11.3. The van der Waals surface area contributed by atoms with E-state index in [0.717, 1.165) is 11.4 Å². The first-order valence-corrected chi connectivity index (χ1v) is 6.76. The predicted molar refractivity (Wildman–Crippen MR) is 77.1 cm³/mol. The van der Waals surface area contributed by atoms with Crippen molar-refractivity contribution in [3.63, 3.8) is 0 Å². The van der Waals surface area contributed by atoms with Crippen molar-refractivity contribution in [3.8, 4) is 0 Å². The standard InChI is InChI=1S/C14H16N2OS/c1-10(12-6-7-18-9-12)15-13-4-3-5-14(8-13)16-11(2)17/h3-10,15H,1-2H3,(H,16,17). The van der Waals surface area contributed by atoms with Crippen LogP contribution in [0.4, 0.5) is 11.4 Å². The number of benzene rings is 1. The van der Waals surface area contributed by atoms with E-state index in [0.29, 0.717) is 0 Å². The van der Waals surface area contributed by atoms with E-state index in [1.807, 2.05) is 24.3 Å². The van der Waals surface area contributed by atoms with E-state index >= 15 is 0 Å². The minimum atomic E-state index is -0.0574. The van der Waals surface area contributed by atoms with E-state index in [2.05, 4.69) is 34.4 Å². The van der Waals surface area contributed by atoms with Gasteiger partial charge in [-0.25, -0.2) is 0 Å². The van der Waals surface area contributed by atoms with Crippen molar-refractivity contribution in [2.24, 2.45) is 0 Å². The predicted octanol–water partition coefficient (Wildman–Crippen LogP) is 3.88. The van der Waals surface area contributed by atoms with Crippen molar-refractivity contribution in [2.75, 3.05) is 10.6 Å². The molecular formula is C14H16N2OS. The molecule has 0 fully saturated rings. The fourth-order valence-corrected chi connectivity index (χ4v) is 2.50. The Morgan fingerprint density at radius 3 is 2.72 bits per heavy atom. The van der Waals surface area contributed by atoms with Gasteiger partial charge in [0.2, 0.25) is 5.91 Å². The van der Waals surface area contributed by atoms with Gasteiger partial charge in [-0.2, -0.15) is 11.3 Å². The maximum Gasteiger partial charge on any atom is 0.221 e. The number of rotatable bonds is 4. The van der Waals surface area contributed by atoms with Crippen molar-refractivity contribution in [1.82, 2.24) is 0 Å². The number of carbonyl (C=O) groups excluding carboxylic acids is 1. The lowest BCUT2D eigenvalue weighted by Gasteiger charge is -2.15. The van der Waals surface area contributed by atoms with Crippen molar-refractivity contribution in [3.05, 3.63) is 46.7 Å². The number of amides is 1. The molecule has 1 aromatic carbocycles. The van der Waals surface area contributed by atoms with Gasteiger partial charge in [0.15, 0.2) is 0 Å². The first-order chi connectivity index (χ1) is 8.65. The molecule has 1 aromatic heterocycles. The van der Waals surface area contributed by atoms with E-state index in [-0.39, 0.29) is 11.9 Å². The number of anilines is 2. The van der Waals surface area contributed by atoms with Crippen molar-refractivity contribution < 1.29 is 4.79 Å². The number of hydrogen-bond donors (Lipinski definition) is 2. The Kier molecular flexibility index (Phi) is 3.99. The number of carbonyl (C=O) groups is 1. The number of hydrogen-bond acceptors (Lipinski definition) is 3. The quantitative estimate of drug-likeness (QED) is 0.876. The molecule has 0 aliphatic rings. The van der Waals surface area contributed by atoms with Gasteiger partial charge in [0, 0.05) is 24.3 Å². The summed E-state index contributed by atoms with van der Waals surface area (Å²) in [6.07, 6.45) is 0. The van der Waals surface area contributed by atoms with Crippen LogP contribution in [0.1, 0.15) is 25.5 Å². The molecule has 0 aliphatic carbocycles. The Balaban J connectivity index is 2.07. The summed E-state index contributed by atoms with van der Waals surface area (Å²) in [6, 6.07) is 10.1. The minimum absolute atomic E-state index is 0.0574. The third-order valence-electron chi connectivity index (χ3n) is 2.61. The Morgan fingerprint density at radius 2 is 2.06 bits per heavy atom. The van der Waals surface area contributed by atoms with Gasteiger partial charge in [0.05, 0.1) is 0 Å². The second kappa shape index (κ2) is 5.69. The largest absolute Gasteiger partial charge is 0.378 e. The van der Waals surface area contributed by atoms with E-state index in [9.17, 15) is 4.79 Å². The molecule has 0 saturated carbocycles. The van der Waals surface area contributed by atoms with E-state index < -0.39 is 0 Å². The minimum Gasteiger partial charge on any atom is -0.378 e. The van der Waals surface area contributed by atoms with Crippen LogP contribution in [0, 0.1) is 0 Å². The van der Waals surface area contributed by atoms with Crippen LogP contribution in [0.15, 0.2) is 41.1 Å². The van der Waals surface area contributed by atoms with Gasteiger partial charge in [-0.15, -0.1) is 0 Å². The summed E-state index contributed by atoms with van der Waals surface area (Å²) < 4.78 is 0. The second-order valence-corrected chi connectivity index (χ2v) is 4.96. The molecular weight excluding hydrogens is 244 g/mol. The van der Waals surface area contributed by atoms with Crippen LogP contribution in [0.2, 0.25) is 0 Å². The van der Waals surface area contributed by atoms with E-state index in [4.69, 9.17) is 0 Å². The zero-order valence-electron chi connectivity index (χ0n) is 10.4. The van der Waals surface area contributed by atoms with E-state index in [1.54, 1.807) is 11.3 Å². The topological polar surface area (TPSA) is 41.1 Å². The zero-order chi connectivity index (χ0) is 13.0. The smallest absolute Gasteiger partial charge is 0.221 e. The van der Waals surface area contributed by atoms with Gasteiger partial charge in [0.1, 0.15) is 0 Å². The van der Waals surface area contributed by atoms with Gasteiger partial charge in [-0.05, 0) is 47.5 Å². The Hall–Kier alpha value is -1.81. The van der Waals surface area contributed by atoms with Gasteiger partial charge >= 0.3 is 0 Å². The van der Waals surface area contributed by atoms with Crippen LogP contribution >= 0.6 is 11.3 Å². The summed E-state index contributed by atoms with van der Waals surface area (Å²) in [5, 5.41) is 10.4. The summed E-state index contributed by atoms with van der Waals surface area (Å²) in [4.78, 5) is 11.0. The molecule has 2 N–H and O–H groups in total. The van der Waals surface area contributed by atoms with Crippen molar-refractivity contribution >= 4 is 28.6 Å². The fraction of sp³-hybridized carbons (Fsp3) is 0.214. The van der Waals surface area contributed by atoms with Crippen LogP contribution in [-0.2, 0) is 4.79 Å². The third-order valence-corrected chi connectivity index (χ3v) is 3.31. The van der Waals surface area contributed by atoms with Crippen molar-refractivity contribution in [1.29, 1.82) is 0 Å². The molecule has 94 valence electrons. The average Bonchev–Trinajstić information content (AvgIpc) is 2.81. The molecule has 0 aliphatic heterocycles. The van der Waals surface area contributed by atoms with Gasteiger partial charge in [-0.3, -0.25) is 4.79 Å². The Bertz CT molecular complexity index is 522. The van der Waals surface area contributed by atoms with Crippen LogP contribution in [-0.4, -0.2) is 5.91 Å². The molecule has 0 radical (unpaired) electrons. The molecule has 0 spiro atoms. The normalized spacial score (nSPS) is 11.9. The number of thiophene rings is 1. The molecule has 3 nitrogen and oxygen atoms in total. The molecule has 18 heavy (non-hydrogen) atoms. The van der Waals surface area contributed by atoms with Crippen LogP contribution in [0.5, 0.6) is 0 Å². The molecule has 1 heterocycles. The Labute approximate surface area is 111 Å². The fourth-order valence-electron chi connectivity index (χ4n) is 1.74. The highest BCUT2D eigenvalue weighted by atomic mass is 32.1. The molecule has 1 unspecified atom stereocenters. The first-order valence-electron chi connectivity index (χ1n) is 5.81. The first kappa shape index (κ1) is 12.6. The molecule has 0 bridgehead atoms. The lowest BCUT2D eigenvalue weighted by atomic mass is 10.1. The van der Waals surface area contributed by atoms with Gasteiger partial charge in [-0.1, -0.05) is 6.07 Å². The van der Waals surface area contributed by atoms with Crippen LogP contribution in [0.3, 0.4) is 0 Å². The molecule has 2 aromatic rings. The van der Waals surface area contributed by atoms with Crippen molar-refractivity contribution in [2.45, 2.75) is 19.9 Å². The lowest BCUT2D eigenvalue weighted by molar-refractivity contribution is -0.114. The second-order valence-electron chi connectivity index (χ2n) is 4.18. The summed E-state index contributed by atoms with van der Waals surface area (Å²) in [6.45, 7) is 3.63. The monoisotopic (exact) mass is 260 g/mol. The third kappa shape index (κ3) is 3.34. The van der Waals surface area contributed by atoms with Gasteiger partial charge in [0.25, 0.3) is 0 Å². The summed E-state index contributed by atoms with van der Waals surface area (Å²) in [7, 11) is 0. The molecule has 1 atom stereocenters. The molecule has 4 heteroatoms. The summed E-state index contributed by atoms with van der Waals surface area (Å²) in [5.41, 5.74) is 3.08. The Morgan fingerprint density at radius 1 is 1.28 bits per heavy atom. The van der Waals surface area contributed by atoms with Gasteiger partial charge < -0.3 is 10.6 Å². The van der Waals surface area contributed by atoms with E-state index in [1.165, 1.54) is 12.5 Å². The lowest BCUT2D eigenvalue weighted by Crippen LogP contribution is -2.08.